The molecule has 0 radical (unpaired) electrons. The zero-order valence-electron chi connectivity index (χ0n) is 96.7. The molecule has 0 atom stereocenters. The van der Waals surface area contributed by atoms with Gasteiger partial charge in [0, 0.05) is 0 Å². The van der Waals surface area contributed by atoms with Crippen molar-refractivity contribution in [3.63, 3.8) is 0 Å². The van der Waals surface area contributed by atoms with Crippen LogP contribution in [0.3, 0.4) is 0 Å². The fourth-order valence-corrected chi connectivity index (χ4v) is 0. The molecule has 0 unspecified atom stereocenters. The van der Waals surface area contributed by atoms with Crippen molar-refractivity contribution in [2.45, 2.75) is 568 Å². The van der Waals surface area contributed by atoms with Crippen LogP contribution < -0.4 is 0 Å². The van der Waals surface area contributed by atoms with Gasteiger partial charge in [-0.2, -0.15) is 0 Å². The van der Waals surface area contributed by atoms with E-state index in [0.717, 1.165) is 130 Å². The lowest BCUT2D eigenvalue weighted by Crippen LogP contribution is -1.93. The maximum Gasteiger partial charge on any atom is -0.0411 e. The van der Waals surface area contributed by atoms with Gasteiger partial charge in [-0.05, 0) is 152 Å². The Bertz CT molecular complexity index is 660. The molecule has 0 aromatic carbocycles. The molecule has 0 heteroatoms. The summed E-state index contributed by atoms with van der Waals surface area (Å²) in [5.41, 5.74) is 2.00. The van der Waals surface area contributed by atoms with Crippen LogP contribution >= 0.6 is 0 Å². The highest BCUT2D eigenvalue weighted by molar-refractivity contribution is 4.49. The van der Waals surface area contributed by atoms with Crippen LogP contribution in [0.2, 0.25) is 0 Å². The van der Waals surface area contributed by atoms with Crippen LogP contribution in [-0.2, 0) is 0 Å². The second-order valence-corrected chi connectivity index (χ2v) is 50.1. The first-order valence-corrected chi connectivity index (χ1v) is 46.1. The van der Waals surface area contributed by atoms with E-state index in [9.17, 15) is 0 Å². The molecule has 0 aliphatic rings. The molecule has 0 saturated carbocycles. The molecule has 0 N–H and O–H groups in total. The van der Waals surface area contributed by atoms with E-state index in [4.69, 9.17) is 0 Å². The van der Waals surface area contributed by atoms with Crippen molar-refractivity contribution >= 4 is 0 Å². The molecule has 0 aliphatic heterocycles. The topological polar surface area (TPSA) is 0 Å². The average Bonchev–Trinajstić information content (AvgIpc) is 1.15. The van der Waals surface area contributed by atoms with E-state index in [1.807, 2.05) is 0 Å². The van der Waals surface area contributed by atoms with Gasteiger partial charge in [0.25, 0.3) is 0 Å². The number of hydrogen-bond acceptors (Lipinski definition) is 0. The second-order valence-electron chi connectivity index (χ2n) is 50.1. The van der Waals surface area contributed by atoms with Crippen LogP contribution in [0.15, 0.2) is 0 Å². The second kappa shape index (κ2) is 148. The van der Waals surface area contributed by atoms with Crippen molar-refractivity contribution in [3.05, 3.63) is 0 Å². The maximum absolute atomic E-state index is 2.19. The fraction of sp³-hybridized carbons (Fsp3) is 1.00. The Morgan fingerprint density at radius 2 is 0.0648 bits per heavy atom. The maximum atomic E-state index is 2.19. The summed E-state index contributed by atoms with van der Waals surface area (Å²) in [4.78, 5) is 0. The van der Waals surface area contributed by atoms with Gasteiger partial charge in [0.15, 0.2) is 0 Å². The van der Waals surface area contributed by atoms with Crippen LogP contribution in [0.1, 0.15) is 568 Å². The van der Waals surface area contributed by atoms with E-state index in [1.165, 1.54) is 0 Å². The highest BCUT2D eigenvalue weighted by atomic mass is 14.0. The first-order valence-electron chi connectivity index (χ1n) is 46.1. The lowest BCUT2D eigenvalue weighted by atomic mass is 10.0. The molecule has 108 heavy (non-hydrogen) atoms. The Morgan fingerprint density at radius 1 is 0.0648 bits per heavy atom. The van der Waals surface area contributed by atoms with E-state index in [1.54, 1.807) is 0 Å². The summed E-state index contributed by atoms with van der Waals surface area (Å²) in [6.45, 7) is 178. The number of hydrogen-bond donors (Lipinski definition) is 0. The van der Waals surface area contributed by atoms with Gasteiger partial charge in [-0.25, -0.2) is 0 Å². The zero-order chi connectivity index (χ0) is 96.7. The Labute approximate surface area is 715 Å². The van der Waals surface area contributed by atoms with E-state index >= 15 is 0 Å². The summed E-state index contributed by atoms with van der Waals surface area (Å²) in [7, 11) is 0. The van der Waals surface area contributed by atoms with Gasteiger partial charge in [0.05, 0.1) is 0 Å². The molecule has 0 aromatic rings. The molecule has 0 fully saturated rings. The molecule has 700 valence electrons. The minimum absolute atomic E-state index is 0.500. The van der Waals surface area contributed by atoms with E-state index in [-0.39, 0.29) is 0 Å². The molecule has 0 aromatic heterocycles. The molecular weight excluding hydrogens is 1300 g/mol. The van der Waals surface area contributed by atoms with Crippen LogP contribution in [0.25, 0.3) is 0 Å². The molecule has 0 nitrogen and oxygen atoms in total. The van der Waals surface area contributed by atoms with Gasteiger partial charge in [0.2, 0.25) is 0 Å². The van der Waals surface area contributed by atoms with Crippen molar-refractivity contribution in [2.24, 2.45) is 152 Å². The van der Waals surface area contributed by atoms with E-state index in [2.05, 4.69) is 568 Å². The third-order valence-electron chi connectivity index (χ3n) is 0. The van der Waals surface area contributed by atoms with E-state index in [0.29, 0.717) is 21.7 Å². The Morgan fingerprint density at radius 3 is 0.0648 bits per heavy atom. The molecule has 0 saturated heterocycles. The molecule has 0 amide bonds. The van der Waals surface area contributed by atoms with Crippen molar-refractivity contribution in [1.29, 1.82) is 0 Å². The van der Waals surface area contributed by atoms with Gasteiger partial charge < -0.3 is 0 Å². The molecule has 0 heterocycles. The van der Waals surface area contributed by atoms with Gasteiger partial charge in [0.1, 0.15) is 0 Å². The Hall–Kier alpha value is 0. The van der Waals surface area contributed by atoms with Crippen LogP contribution in [0.5, 0.6) is 0 Å². The molecule has 0 aliphatic carbocycles. The summed E-state index contributed by atoms with van der Waals surface area (Å²) < 4.78 is 0. The van der Waals surface area contributed by atoms with Gasteiger partial charge in [-0.15, -0.1) is 0 Å². The minimum Gasteiger partial charge on any atom is -0.0630 e. The molecule has 0 spiro atoms. The normalized spacial score (nSPS) is 9.56. The van der Waals surface area contributed by atoms with Crippen molar-refractivity contribution in [3.8, 4) is 0 Å². The van der Waals surface area contributed by atoms with Crippen LogP contribution in [0.4, 0.5) is 0 Å². The fourth-order valence-electron chi connectivity index (χ4n) is 0. The monoisotopic (exact) mass is 1570 g/mol. The average molecular weight is 1570 g/mol. The van der Waals surface area contributed by atoms with Gasteiger partial charge in [-0.1, -0.05) is 568 Å². The Balaban J connectivity index is -0.0000000270. The quantitative estimate of drug-likeness (QED) is 0.227. The summed E-state index contributed by atoms with van der Waals surface area (Å²) in [6.07, 6.45) is 0. The molecule has 0 bridgehead atoms. The minimum atomic E-state index is 0.500. The standard InChI is InChI=1S/4C5H12.22C4H10/c4*1-5(2,3)4;22*1-4(2)3/h4*1-4H3;22*4H,1-3H3. The third-order valence-corrected chi connectivity index (χ3v) is 0. The highest BCUT2D eigenvalue weighted by Crippen LogP contribution is 2.10. The van der Waals surface area contributed by atoms with Crippen LogP contribution in [0, 0.1) is 152 Å². The lowest BCUT2D eigenvalue weighted by molar-refractivity contribution is 0.469. The van der Waals surface area contributed by atoms with Crippen molar-refractivity contribution in [1.82, 2.24) is 0 Å². The largest absolute Gasteiger partial charge is 0.0630 e. The predicted octanol–water partition coefficient (Wildman–Crippen LogP) is 44.8. The van der Waals surface area contributed by atoms with Crippen molar-refractivity contribution in [2.75, 3.05) is 0 Å². The first-order chi connectivity index (χ1) is 46.1. The smallest absolute Gasteiger partial charge is 0.0411 e. The summed E-state index contributed by atoms with van der Waals surface area (Å²) >= 11 is 0. The first kappa shape index (κ1) is 184. The Kier molecular flexibility index (Phi) is 253. The third kappa shape index (κ3) is 0. The van der Waals surface area contributed by atoms with Crippen LogP contribution in [-0.4, -0.2) is 0 Å². The van der Waals surface area contributed by atoms with E-state index < -0.39 is 0 Å². The van der Waals surface area contributed by atoms with Crippen molar-refractivity contribution < 1.29 is 0 Å². The summed E-state index contributed by atoms with van der Waals surface area (Å²) in [6, 6.07) is 0. The highest BCUT2D eigenvalue weighted by Gasteiger charge is 1.97. The van der Waals surface area contributed by atoms with Gasteiger partial charge in [-0.3, -0.25) is 0 Å². The summed E-state index contributed by atoms with van der Waals surface area (Å²) in [5, 5.41) is 0. The molecule has 0 rings (SSSR count). The lowest BCUT2D eigenvalue weighted by Gasteiger charge is -2.05. The summed E-state index contributed by atoms with van der Waals surface area (Å²) in [5.74, 6) is 18.3. The number of rotatable bonds is 0. The molecular formula is C108H268. The predicted molar refractivity (Wildman–Crippen MR) is 552 cm³/mol. The zero-order valence-corrected chi connectivity index (χ0v) is 96.7. The van der Waals surface area contributed by atoms with Gasteiger partial charge >= 0.3 is 0 Å². The SMILES string of the molecule is CC(C)(C)C.CC(C)(C)C.CC(C)(C)C.CC(C)(C)C.CC(C)C.CC(C)C.CC(C)C.CC(C)C.CC(C)C.CC(C)C.CC(C)C.CC(C)C.CC(C)C.CC(C)C.CC(C)C.CC(C)C.CC(C)C.CC(C)C.CC(C)C.CC(C)C.CC(C)C.CC(C)C.CC(C)C.CC(C)C.CC(C)C.CC(C)C.